The summed E-state index contributed by atoms with van der Waals surface area (Å²) in [6.07, 6.45) is 85.1. The van der Waals surface area contributed by atoms with Crippen LogP contribution in [0.5, 0.6) is 0 Å². The molecule has 0 aromatic heterocycles. The van der Waals surface area contributed by atoms with Gasteiger partial charge in [-0.25, -0.2) is 0 Å². The molecule has 1 unspecified atom stereocenters. The standard InChI is InChI=1S/C69H116O6/c1-4-7-10-13-16-19-22-25-27-29-31-33-34-36-37-39-41-44-47-50-53-56-59-62-68(71)74-65-66(64-73-67(70)61-58-55-52-49-46-43-24-21-18-15-12-9-6-3)75-69(72)63-60-57-54-51-48-45-42-40-38-35-32-30-28-26-23-20-17-14-11-8-5-2/h8,11-12,15,17,20-22,24-26,28-29,31-32,34-36,66H,4-7,9-10,13-14,16,18-19,23,27,30,33,37-65H2,1-3H3/b11-8-,15-12-,20-17-,24-21-,25-22-,28-26-,31-29-,35-32-,36-34-. The summed E-state index contributed by atoms with van der Waals surface area (Å²) in [5, 5.41) is 0. The van der Waals surface area contributed by atoms with Crippen LogP contribution in [-0.2, 0) is 28.6 Å². The Kier molecular flexibility index (Phi) is 59.3. The first-order valence-electron chi connectivity index (χ1n) is 31.4. The molecule has 6 nitrogen and oxygen atoms in total. The largest absolute Gasteiger partial charge is 0.462 e. The van der Waals surface area contributed by atoms with Crippen molar-refractivity contribution in [1.82, 2.24) is 0 Å². The molecular formula is C69H116O6. The number of esters is 3. The van der Waals surface area contributed by atoms with Crippen molar-refractivity contribution in [3.8, 4) is 0 Å². The Hall–Kier alpha value is -3.93. The number of carbonyl (C=O) groups excluding carboxylic acids is 3. The van der Waals surface area contributed by atoms with Gasteiger partial charge in [-0.05, 0) is 122 Å². The van der Waals surface area contributed by atoms with Crippen molar-refractivity contribution < 1.29 is 28.6 Å². The minimum absolute atomic E-state index is 0.0908. The number of allylic oxidation sites excluding steroid dienone is 18. The Balaban J connectivity index is 4.38. The third-order valence-corrected chi connectivity index (χ3v) is 13.2. The van der Waals surface area contributed by atoms with E-state index in [9.17, 15) is 14.4 Å². The van der Waals surface area contributed by atoms with Gasteiger partial charge in [-0.15, -0.1) is 0 Å². The van der Waals surface area contributed by atoms with Gasteiger partial charge in [0, 0.05) is 19.3 Å². The SMILES string of the molecule is CC/C=C\C/C=C\C/C=C\C/C=C\CCCCCCCCCCC(=O)OC(COC(=O)CCCCCCC/C=C\C/C=C\CCC)COC(=O)CCCCCCCCCC/C=C\C/C=C\C/C=C\CCCCCCC. The van der Waals surface area contributed by atoms with Crippen LogP contribution in [0, 0.1) is 0 Å². The molecule has 0 fully saturated rings. The molecule has 428 valence electrons. The van der Waals surface area contributed by atoms with Gasteiger partial charge in [0.15, 0.2) is 6.10 Å². The fourth-order valence-corrected chi connectivity index (χ4v) is 8.54. The summed E-state index contributed by atoms with van der Waals surface area (Å²) in [4.78, 5) is 38.3. The van der Waals surface area contributed by atoms with Gasteiger partial charge in [-0.1, -0.05) is 259 Å². The van der Waals surface area contributed by atoms with Crippen LogP contribution in [0.1, 0.15) is 290 Å². The third kappa shape index (κ3) is 60.8. The van der Waals surface area contributed by atoms with E-state index in [2.05, 4.69) is 130 Å². The van der Waals surface area contributed by atoms with Gasteiger partial charge in [-0.2, -0.15) is 0 Å². The average Bonchev–Trinajstić information content (AvgIpc) is 3.41. The summed E-state index contributed by atoms with van der Waals surface area (Å²) in [5.41, 5.74) is 0. The zero-order chi connectivity index (χ0) is 54.3. The minimum Gasteiger partial charge on any atom is -0.462 e. The van der Waals surface area contributed by atoms with Crippen LogP contribution in [0.4, 0.5) is 0 Å². The van der Waals surface area contributed by atoms with Crippen LogP contribution in [0.25, 0.3) is 0 Å². The van der Waals surface area contributed by atoms with Crippen LogP contribution < -0.4 is 0 Å². The molecule has 0 aromatic carbocycles. The molecule has 0 aliphatic heterocycles. The van der Waals surface area contributed by atoms with Crippen LogP contribution >= 0.6 is 0 Å². The van der Waals surface area contributed by atoms with Crippen molar-refractivity contribution in [2.75, 3.05) is 13.2 Å². The molecule has 6 heteroatoms. The maximum absolute atomic E-state index is 12.9. The molecule has 0 aliphatic carbocycles. The highest BCUT2D eigenvalue weighted by atomic mass is 16.6. The predicted molar refractivity (Wildman–Crippen MR) is 325 cm³/mol. The van der Waals surface area contributed by atoms with Crippen molar-refractivity contribution in [1.29, 1.82) is 0 Å². The third-order valence-electron chi connectivity index (χ3n) is 13.2. The average molecular weight is 1040 g/mol. The summed E-state index contributed by atoms with van der Waals surface area (Å²) in [7, 11) is 0. The van der Waals surface area contributed by atoms with Gasteiger partial charge in [0.05, 0.1) is 0 Å². The quantitative estimate of drug-likeness (QED) is 0.0261. The van der Waals surface area contributed by atoms with Gasteiger partial charge in [0.2, 0.25) is 0 Å². The van der Waals surface area contributed by atoms with Crippen LogP contribution in [-0.4, -0.2) is 37.2 Å². The maximum atomic E-state index is 12.9. The van der Waals surface area contributed by atoms with E-state index in [4.69, 9.17) is 14.2 Å². The lowest BCUT2D eigenvalue weighted by atomic mass is 10.1. The zero-order valence-corrected chi connectivity index (χ0v) is 49.0. The maximum Gasteiger partial charge on any atom is 0.306 e. The molecule has 0 saturated heterocycles. The van der Waals surface area contributed by atoms with Crippen LogP contribution in [0.2, 0.25) is 0 Å². The second-order valence-electron chi connectivity index (χ2n) is 20.6. The Labute approximate surface area is 463 Å². The number of carbonyl (C=O) groups is 3. The van der Waals surface area contributed by atoms with E-state index in [1.165, 1.54) is 109 Å². The number of ether oxygens (including phenoxy) is 3. The first kappa shape index (κ1) is 71.1. The summed E-state index contributed by atoms with van der Waals surface area (Å²) < 4.78 is 16.9. The lowest BCUT2D eigenvalue weighted by Crippen LogP contribution is -2.30. The number of rotatable bonds is 56. The summed E-state index contributed by atoms with van der Waals surface area (Å²) in [6.45, 7) is 6.44. The normalized spacial score (nSPS) is 12.8. The molecular weight excluding hydrogens is 925 g/mol. The number of unbranched alkanes of at least 4 members (excludes halogenated alkanes) is 27. The first-order valence-corrected chi connectivity index (χ1v) is 31.4. The monoisotopic (exact) mass is 1040 g/mol. The van der Waals surface area contributed by atoms with Gasteiger partial charge in [0.25, 0.3) is 0 Å². The fraction of sp³-hybridized carbons (Fsp3) is 0.696. The van der Waals surface area contributed by atoms with E-state index in [1.54, 1.807) is 0 Å². The minimum atomic E-state index is -0.795. The molecule has 0 heterocycles. The second kappa shape index (κ2) is 62.6. The Morgan fingerprint density at radius 3 is 0.867 bits per heavy atom. The van der Waals surface area contributed by atoms with Crippen molar-refractivity contribution in [2.45, 2.75) is 297 Å². The summed E-state index contributed by atoms with van der Waals surface area (Å²) in [5.74, 6) is -0.915. The number of hydrogen-bond acceptors (Lipinski definition) is 6. The smallest absolute Gasteiger partial charge is 0.306 e. The highest BCUT2D eigenvalue weighted by Gasteiger charge is 2.19. The molecule has 0 radical (unpaired) electrons. The Morgan fingerprint density at radius 1 is 0.280 bits per heavy atom. The second-order valence-corrected chi connectivity index (χ2v) is 20.6. The lowest BCUT2D eigenvalue weighted by Gasteiger charge is -2.18. The molecule has 0 N–H and O–H groups in total. The van der Waals surface area contributed by atoms with Crippen molar-refractivity contribution in [3.05, 3.63) is 109 Å². The fourth-order valence-electron chi connectivity index (χ4n) is 8.54. The first-order chi connectivity index (χ1) is 37.0. The van der Waals surface area contributed by atoms with Gasteiger partial charge in [-0.3, -0.25) is 14.4 Å². The predicted octanol–water partition coefficient (Wildman–Crippen LogP) is 21.4. The molecule has 0 aliphatic rings. The molecule has 0 spiro atoms. The van der Waals surface area contributed by atoms with Gasteiger partial charge < -0.3 is 14.2 Å². The molecule has 1 atom stereocenters. The molecule has 0 saturated carbocycles. The molecule has 75 heavy (non-hydrogen) atoms. The van der Waals surface area contributed by atoms with E-state index in [0.29, 0.717) is 19.3 Å². The Bertz CT molecular complexity index is 1520. The van der Waals surface area contributed by atoms with Gasteiger partial charge in [0.1, 0.15) is 13.2 Å². The summed E-state index contributed by atoms with van der Waals surface area (Å²) >= 11 is 0. The van der Waals surface area contributed by atoms with E-state index in [0.717, 1.165) is 141 Å². The Morgan fingerprint density at radius 2 is 0.547 bits per heavy atom. The van der Waals surface area contributed by atoms with Crippen molar-refractivity contribution in [2.24, 2.45) is 0 Å². The van der Waals surface area contributed by atoms with Crippen molar-refractivity contribution >= 4 is 17.9 Å². The number of hydrogen-bond donors (Lipinski definition) is 0. The molecule has 0 rings (SSSR count). The highest BCUT2D eigenvalue weighted by Crippen LogP contribution is 2.15. The molecule has 0 aromatic rings. The zero-order valence-electron chi connectivity index (χ0n) is 49.0. The van der Waals surface area contributed by atoms with E-state index >= 15 is 0 Å². The van der Waals surface area contributed by atoms with Crippen LogP contribution in [0.3, 0.4) is 0 Å². The lowest BCUT2D eigenvalue weighted by molar-refractivity contribution is -0.167. The summed E-state index contributed by atoms with van der Waals surface area (Å²) in [6, 6.07) is 0. The molecule has 0 amide bonds. The van der Waals surface area contributed by atoms with E-state index < -0.39 is 6.10 Å². The molecule has 0 bridgehead atoms. The van der Waals surface area contributed by atoms with Gasteiger partial charge >= 0.3 is 17.9 Å². The van der Waals surface area contributed by atoms with E-state index in [-0.39, 0.29) is 31.1 Å². The highest BCUT2D eigenvalue weighted by molar-refractivity contribution is 5.71. The van der Waals surface area contributed by atoms with Crippen molar-refractivity contribution in [3.63, 3.8) is 0 Å². The van der Waals surface area contributed by atoms with E-state index in [1.807, 2.05) is 0 Å². The van der Waals surface area contributed by atoms with Crippen LogP contribution in [0.15, 0.2) is 109 Å². The topological polar surface area (TPSA) is 78.9 Å².